The van der Waals surface area contributed by atoms with Crippen LogP contribution in [0.15, 0.2) is 46.9 Å². The number of benzene rings is 1. The Morgan fingerprint density at radius 1 is 1.07 bits per heavy atom. The van der Waals surface area contributed by atoms with Gasteiger partial charge in [-0.15, -0.1) is 22.7 Å². The Kier molecular flexibility index (Phi) is 6.91. The molecule has 6 nitrogen and oxygen atoms in total. The Bertz CT molecular complexity index is 1100. The fraction of sp³-hybridized carbons (Fsp3) is 0.190. The first-order chi connectivity index (χ1) is 14.3. The van der Waals surface area contributed by atoms with Crippen LogP contribution in [0.2, 0.25) is 5.02 Å². The van der Waals surface area contributed by atoms with Crippen LogP contribution in [0.25, 0.3) is 10.4 Å². The minimum atomic E-state index is -0.421. The van der Waals surface area contributed by atoms with Crippen molar-refractivity contribution in [2.75, 3.05) is 0 Å². The van der Waals surface area contributed by atoms with Crippen LogP contribution in [0.4, 0.5) is 0 Å². The van der Waals surface area contributed by atoms with Gasteiger partial charge in [-0.1, -0.05) is 23.7 Å². The molecule has 0 aliphatic rings. The van der Waals surface area contributed by atoms with E-state index in [4.69, 9.17) is 11.6 Å². The predicted molar refractivity (Wildman–Crippen MR) is 123 cm³/mol. The summed E-state index contributed by atoms with van der Waals surface area (Å²) in [6, 6.07) is 10.4. The molecule has 30 heavy (non-hydrogen) atoms. The van der Waals surface area contributed by atoms with E-state index < -0.39 is 5.91 Å². The largest absolute Gasteiger partial charge is 0.506 e. The molecule has 1 aromatic carbocycles. The molecule has 0 saturated heterocycles. The lowest BCUT2D eigenvalue weighted by Gasteiger charge is -2.05. The number of nitrogens with zero attached hydrogens (tertiary/aromatic N) is 1. The molecule has 9 heteroatoms. The van der Waals surface area contributed by atoms with Crippen molar-refractivity contribution in [2.24, 2.45) is 5.10 Å². The first kappa shape index (κ1) is 22.0. The van der Waals surface area contributed by atoms with Crippen LogP contribution in [0.1, 0.15) is 45.7 Å². The van der Waals surface area contributed by atoms with Gasteiger partial charge in [0.1, 0.15) is 5.75 Å². The second kappa shape index (κ2) is 9.42. The molecule has 0 fully saturated rings. The zero-order chi connectivity index (χ0) is 21.8. The smallest absolute Gasteiger partial charge is 0.281 e. The average Bonchev–Trinajstić information content (AvgIpc) is 3.33. The number of aromatic hydroxyl groups is 1. The van der Waals surface area contributed by atoms with Crippen LogP contribution in [-0.4, -0.2) is 28.7 Å². The van der Waals surface area contributed by atoms with Gasteiger partial charge < -0.3 is 10.4 Å². The summed E-state index contributed by atoms with van der Waals surface area (Å²) in [6.07, 6.45) is 0. The first-order valence-corrected chi connectivity index (χ1v) is 11.2. The fourth-order valence-corrected chi connectivity index (χ4v) is 4.52. The lowest BCUT2D eigenvalue weighted by atomic mass is 10.1. The Morgan fingerprint density at radius 2 is 1.70 bits per heavy atom. The number of hydrogen-bond acceptors (Lipinski definition) is 6. The number of amides is 2. The monoisotopic (exact) mass is 461 g/mol. The van der Waals surface area contributed by atoms with Crippen molar-refractivity contribution in [3.05, 3.63) is 62.1 Å². The van der Waals surface area contributed by atoms with Gasteiger partial charge in [-0.05, 0) is 50.6 Å². The topological polar surface area (TPSA) is 90.8 Å². The SMILES string of the molecule is CC(=NNC(=O)c1ccc(C(=O)NC(C)C)s1)c1csc(-c2ccc(Cl)cc2)c1O. The second-order valence-electron chi connectivity index (χ2n) is 6.76. The number of carbonyl (C=O) groups is 2. The molecule has 0 saturated carbocycles. The molecule has 0 radical (unpaired) electrons. The third-order valence-electron chi connectivity index (χ3n) is 4.06. The van der Waals surface area contributed by atoms with Crippen molar-refractivity contribution in [3.8, 4) is 16.2 Å². The molecular weight excluding hydrogens is 442 g/mol. The van der Waals surface area contributed by atoms with Crippen LogP contribution >= 0.6 is 34.3 Å². The van der Waals surface area contributed by atoms with E-state index in [2.05, 4.69) is 15.8 Å². The highest BCUT2D eigenvalue weighted by Crippen LogP contribution is 2.39. The van der Waals surface area contributed by atoms with E-state index in [0.717, 1.165) is 16.9 Å². The number of hydrazone groups is 1. The molecule has 3 rings (SSSR count). The molecule has 2 amide bonds. The number of carbonyl (C=O) groups excluding carboxylic acids is 2. The standard InChI is InChI=1S/C21H20ClN3O3S2/c1-11(2)23-20(27)16-8-9-17(30-16)21(28)25-24-12(3)15-10-29-19(18(15)26)13-4-6-14(22)7-5-13/h4-11,26H,1-3H3,(H,23,27)(H,25,28). The number of rotatable bonds is 6. The van der Waals surface area contributed by atoms with Gasteiger partial charge in [0.05, 0.1) is 25.9 Å². The fourth-order valence-electron chi connectivity index (χ4n) is 2.58. The van der Waals surface area contributed by atoms with Crippen molar-refractivity contribution in [3.63, 3.8) is 0 Å². The van der Waals surface area contributed by atoms with Gasteiger partial charge in [0.2, 0.25) is 0 Å². The molecule has 0 atom stereocenters. The Morgan fingerprint density at radius 3 is 2.33 bits per heavy atom. The van der Waals surface area contributed by atoms with Crippen LogP contribution in [0, 0.1) is 0 Å². The highest BCUT2D eigenvalue weighted by Gasteiger charge is 2.17. The van der Waals surface area contributed by atoms with E-state index in [1.54, 1.807) is 36.6 Å². The van der Waals surface area contributed by atoms with Crippen molar-refractivity contribution >= 4 is 51.8 Å². The number of halogens is 1. The quantitative estimate of drug-likeness (QED) is 0.351. The van der Waals surface area contributed by atoms with Crippen molar-refractivity contribution < 1.29 is 14.7 Å². The van der Waals surface area contributed by atoms with E-state index in [0.29, 0.717) is 30.9 Å². The van der Waals surface area contributed by atoms with E-state index in [-0.39, 0.29) is 17.7 Å². The van der Waals surface area contributed by atoms with Gasteiger partial charge in [0.15, 0.2) is 0 Å². The molecule has 2 heterocycles. The summed E-state index contributed by atoms with van der Waals surface area (Å²) in [5.74, 6) is -0.538. The summed E-state index contributed by atoms with van der Waals surface area (Å²) in [7, 11) is 0. The van der Waals surface area contributed by atoms with E-state index in [1.165, 1.54) is 11.3 Å². The van der Waals surface area contributed by atoms with Crippen molar-refractivity contribution in [1.29, 1.82) is 0 Å². The van der Waals surface area contributed by atoms with Gasteiger partial charge in [-0.3, -0.25) is 9.59 Å². The number of nitrogens with one attached hydrogen (secondary N) is 2. The Hall–Kier alpha value is -2.68. The van der Waals surface area contributed by atoms with Gasteiger partial charge in [0, 0.05) is 16.4 Å². The van der Waals surface area contributed by atoms with Crippen LogP contribution in [-0.2, 0) is 0 Å². The lowest BCUT2D eigenvalue weighted by Crippen LogP contribution is -2.29. The summed E-state index contributed by atoms with van der Waals surface area (Å²) in [6.45, 7) is 5.44. The molecule has 156 valence electrons. The normalized spacial score (nSPS) is 11.6. The van der Waals surface area contributed by atoms with Gasteiger partial charge in [-0.2, -0.15) is 5.10 Å². The zero-order valence-electron chi connectivity index (χ0n) is 16.5. The van der Waals surface area contributed by atoms with Crippen molar-refractivity contribution in [2.45, 2.75) is 26.8 Å². The third-order valence-corrected chi connectivity index (χ3v) is 6.41. The lowest BCUT2D eigenvalue weighted by molar-refractivity contribution is 0.0944. The number of thiophene rings is 2. The zero-order valence-corrected chi connectivity index (χ0v) is 18.9. The Labute approximate surface area is 187 Å². The van der Waals surface area contributed by atoms with E-state index in [9.17, 15) is 14.7 Å². The van der Waals surface area contributed by atoms with Gasteiger partial charge in [0.25, 0.3) is 11.8 Å². The summed E-state index contributed by atoms with van der Waals surface area (Å²) in [5, 5.41) is 19.9. The van der Waals surface area contributed by atoms with Crippen LogP contribution < -0.4 is 10.7 Å². The second-order valence-corrected chi connectivity index (χ2v) is 9.16. The molecule has 3 aromatic rings. The molecular formula is C21H20ClN3O3S2. The summed E-state index contributed by atoms with van der Waals surface area (Å²) in [4.78, 5) is 25.9. The molecule has 3 N–H and O–H groups in total. The van der Waals surface area contributed by atoms with Crippen molar-refractivity contribution in [1.82, 2.24) is 10.7 Å². The molecule has 0 spiro atoms. The minimum Gasteiger partial charge on any atom is -0.506 e. The summed E-state index contributed by atoms with van der Waals surface area (Å²) >= 11 is 8.39. The molecule has 2 aromatic heterocycles. The van der Waals surface area contributed by atoms with Crippen LogP contribution in [0.3, 0.4) is 0 Å². The Balaban J connectivity index is 1.71. The maximum Gasteiger partial charge on any atom is 0.281 e. The highest BCUT2D eigenvalue weighted by atomic mass is 35.5. The summed E-state index contributed by atoms with van der Waals surface area (Å²) < 4.78 is 0. The maximum absolute atomic E-state index is 12.4. The van der Waals surface area contributed by atoms with Gasteiger partial charge >= 0.3 is 0 Å². The maximum atomic E-state index is 12.4. The molecule has 0 aliphatic heterocycles. The number of hydrogen-bond donors (Lipinski definition) is 3. The summed E-state index contributed by atoms with van der Waals surface area (Å²) in [5.41, 5.74) is 4.32. The first-order valence-electron chi connectivity index (χ1n) is 9.08. The minimum absolute atomic E-state index is 0.0141. The molecule has 0 bridgehead atoms. The van der Waals surface area contributed by atoms with Crippen LogP contribution in [0.5, 0.6) is 5.75 Å². The highest BCUT2D eigenvalue weighted by molar-refractivity contribution is 7.16. The van der Waals surface area contributed by atoms with E-state index >= 15 is 0 Å². The third kappa shape index (κ3) is 5.08. The van der Waals surface area contributed by atoms with Gasteiger partial charge in [-0.25, -0.2) is 5.43 Å². The average molecular weight is 462 g/mol. The predicted octanol–water partition coefficient (Wildman–Crippen LogP) is 5.13. The van der Waals surface area contributed by atoms with E-state index in [1.807, 2.05) is 26.0 Å². The molecule has 0 unspecified atom stereocenters. The molecule has 0 aliphatic carbocycles.